The molecule has 1 aromatic rings. The van der Waals surface area contributed by atoms with Gasteiger partial charge in [-0.2, -0.15) is 13.2 Å². The lowest BCUT2D eigenvalue weighted by Crippen LogP contribution is -2.44. The van der Waals surface area contributed by atoms with E-state index in [1.165, 1.54) is 12.1 Å². The smallest absolute Gasteiger partial charge is 0.437 e. The van der Waals surface area contributed by atoms with Gasteiger partial charge in [-0.15, -0.1) is 0 Å². The third-order valence-corrected chi connectivity index (χ3v) is 3.43. The number of rotatable bonds is 2. The lowest BCUT2D eigenvalue weighted by atomic mass is 10.1. The second-order valence-corrected chi connectivity index (χ2v) is 6.63. The number of carbonyl (C=O) groups is 1. The van der Waals surface area contributed by atoms with E-state index in [0.717, 1.165) is 6.20 Å². The molecule has 0 N–H and O–H groups in total. The number of aromatic nitrogens is 1. The number of carbonyl (C=O) groups excluding carboxylic acids is 1. The fourth-order valence-electron chi connectivity index (χ4n) is 2.36. The van der Waals surface area contributed by atoms with Crippen molar-refractivity contribution in [3.8, 4) is 5.75 Å². The Kier molecular flexibility index (Phi) is 5.25. The molecule has 2 rings (SSSR count). The Balaban J connectivity index is 1.94. The quantitative estimate of drug-likeness (QED) is 0.815. The van der Waals surface area contributed by atoms with Gasteiger partial charge in [-0.3, -0.25) is 0 Å². The summed E-state index contributed by atoms with van der Waals surface area (Å²) < 4.78 is 49.5. The minimum absolute atomic E-state index is 0.277. The van der Waals surface area contributed by atoms with Gasteiger partial charge in [-0.05, 0) is 32.9 Å². The summed E-state index contributed by atoms with van der Waals surface area (Å²) in [4.78, 5) is 16.9. The molecule has 1 fully saturated rings. The molecule has 2 heterocycles. The highest BCUT2D eigenvalue weighted by Gasteiger charge is 2.37. The van der Waals surface area contributed by atoms with Crippen molar-refractivity contribution >= 4 is 6.09 Å². The van der Waals surface area contributed by atoms with Crippen LogP contribution in [0.1, 0.15) is 39.3 Å². The topological polar surface area (TPSA) is 51.7 Å². The summed E-state index contributed by atoms with van der Waals surface area (Å²) >= 11 is 0. The molecule has 1 amide bonds. The molecule has 0 saturated carbocycles. The van der Waals surface area contributed by atoms with Crippen LogP contribution < -0.4 is 4.74 Å². The lowest BCUT2D eigenvalue weighted by Gasteiger charge is -2.33. The first-order chi connectivity index (χ1) is 11.1. The van der Waals surface area contributed by atoms with Gasteiger partial charge in [-0.25, -0.2) is 9.78 Å². The maximum Gasteiger partial charge on any atom is 0.437 e. The molecule has 0 aliphatic carbocycles. The standard InChI is InChI=1S/C16H21F3N2O3/c1-15(2,3)24-14(22)21-9-6-11(7-10-21)23-12-5-4-8-20-13(12)16(17,18)19/h4-5,8,11H,6-7,9-10H2,1-3H3. The third-order valence-electron chi connectivity index (χ3n) is 3.43. The van der Waals surface area contributed by atoms with Gasteiger partial charge in [0.1, 0.15) is 11.7 Å². The van der Waals surface area contributed by atoms with E-state index in [0.29, 0.717) is 25.9 Å². The van der Waals surface area contributed by atoms with Gasteiger partial charge in [0.2, 0.25) is 0 Å². The van der Waals surface area contributed by atoms with E-state index in [1.807, 2.05) is 0 Å². The van der Waals surface area contributed by atoms with Crippen LogP contribution in [0.5, 0.6) is 5.75 Å². The summed E-state index contributed by atoms with van der Waals surface area (Å²) in [5.74, 6) is -0.277. The van der Waals surface area contributed by atoms with Crippen LogP contribution >= 0.6 is 0 Å². The Morgan fingerprint density at radius 1 is 1.25 bits per heavy atom. The zero-order chi connectivity index (χ0) is 18.0. The van der Waals surface area contributed by atoms with Crippen molar-refractivity contribution in [3.63, 3.8) is 0 Å². The van der Waals surface area contributed by atoms with E-state index in [4.69, 9.17) is 9.47 Å². The van der Waals surface area contributed by atoms with Crippen LogP contribution in [0, 0.1) is 0 Å². The number of hydrogen-bond acceptors (Lipinski definition) is 4. The molecule has 1 aromatic heterocycles. The fourth-order valence-corrected chi connectivity index (χ4v) is 2.36. The lowest BCUT2D eigenvalue weighted by molar-refractivity contribution is -0.143. The van der Waals surface area contributed by atoms with Crippen LogP contribution in [0.25, 0.3) is 0 Å². The minimum atomic E-state index is -4.56. The molecule has 0 radical (unpaired) electrons. The molecule has 1 saturated heterocycles. The molecule has 0 spiro atoms. The molecule has 0 atom stereocenters. The van der Waals surface area contributed by atoms with E-state index in [2.05, 4.69) is 4.98 Å². The molecule has 0 unspecified atom stereocenters. The number of nitrogens with zero attached hydrogens (tertiary/aromatic N) is 2. The van der Waals surface area contributed by atoms with E-state index in [1.54, 1.807) is 25.7 Å². The Labute approximate surface area is 138 Å². The highest BCUT2D eigenvalue weighted by molar-refractivity contribution is 5.68. The molecular formula is C16H21F3N2O3. The number of pyridine rings is 1. The molecule has 1 aliphatic rings. The summed E-state index contributed by atoms with van der Waals surface area (Å²) in [5, 5.41) is 0. The maximum atomic E-state index is 12.9. The number of halogens is 3. The Morgan fingerprint density at radius 3 is 2.42 bits per heavy atom. The number of alkyl halides is 3. The Morgan fingerprint density at radius 2 is 1.88 bits per heavy atom. The van der Waals surface area contributed by atoms with E-state index < -0.39 is 29.7 Å². The molecule has 24 heavy (non-hydrogen) atoms. The van der Waals surface area contributed by atoms with Crippen molar-refractivity contribution in [2.24, 2.45) is 0 Å². The van der Waals surface area contributed by atoms with Crippen LogP contribution in [-0.4, -0.2) is 40.8 Å². The van der Waals surface area contributed by atoms with Gasteiger partial charge in [-0.1, -0.05) is 0 Å². The normalized spacial score (nSPS) is 16.8. The summed E-state index contributed by atoms with van der Waals surface area (Å²) in [6.07, 6.45) is -3.42. The van der Waals surface area contributed by atoms with E-state index in [-0.39, 0.29) is 5.75 Å². The number of hydrogen-bond donors (Lipinski definition) is 0. The maximum absolute atomic E-state index is 12.9. The van der Waals surface area contributed by atoms with Gasteiger partial charge in [0.05, 0.1) is 0 Å². The van der Waals surface area contributed by atoms with Crippen LogP contribution in [0.2, 0.25) is 0 Å². The zero-order valence-corrected chi connectivity index (χ0v) is 13.9. The molecule has 8 heteroatoms. The first-order valence-electron chi connectivity index (χ1n) is 7.73. The predicted molar refractivity (Wildman–Crippen MR) is 80.7 cm³/mol. The first kappa shape index (κ1) is 18.4. The van der Waals surface area contributed by atoms with Crippen molar-refractivity contribution < 1.29 is 27.4 Å². The molecule has 1 aliphatic heterocycles. The zero-order valence-electron chi connectivity index (χ0n) is 13.9. The fraction of sp³-hybridized carbons (Fsp3) is 0.625. The molecule has 0 aromatic carbocycles. The first-order valence-corrected chi connectivity index (χ1v) is 7.73. The monoisotopic (exact) mass is 346 g/mol. The number of likely N-dealkylation sites (tertiary alicyclic amines) is 1. The molecule has 0 bridgehead atoms. The van der Waals surface area contributed by atoms with Crippen LogP contribution in [-0.2, 0) is 10.9 Å². The van der Waals surface area contributed by atoms with Gasteiger partial charge in [0, 0.05) is 32.1 Å². The molecule has 5 nitrogen and oxygen atoms in total. The van der Waals surface area contributed by atoms with Crippen molar-refractivity contribution in [1.29, 1.82) is 0 Å². The van der Waals surface area contributed by atoms with Gasteiger partial charge < -0.3 is 14.4 Å². The summed E-state index contributed by atoms with van der Waals surface area (Å²) in [6, 6.07) is 2.66. The summed E-state index contributed by atoms with van der Waals surface area (Å²) in [5.41, 5.74) is -1.61. The summed E-state index contributed by atoms with van der Waals surface area (Å²) in [7, 11) is 0. The SMILES string of the molecule is CC(C)(C)OC(=O)N1CCC(Oc2cccnc2C(F)(F)F)CC1. The van der Waals surface area contributed by atoms with Crippen molar-refractivity contribution in [1.82, 2.24) is 9.88 Å². The van der Waals surface area contributed by atoms with Crippen molar-refractivity contribution in [2.45, 2.75) is 51.5 Å². The Hall–Kier alpha value is -1.99. The van der Waals surface area contributed by atoms with Crippen LogP contribution in [0.3, 0.4) is 0 Å². The number of ether oxygens (including phenoxy) is 2. The van der Waals surface area contributed by atoms with Gasteiger partial charge in [0.15, 0.2) is 11.4 Å². The number of piperidine rings is 1. The van der Waals surface area contributed by atoms with Gasteiger partial charge >= 0.3 is 12.3 Å². The van der Waals surface area contributed by atoms with Gasteiger partial charge in [0.25, 0.3) is 0 Å². The number of amides is 1. The van der Waals surface area contributed by atoms with Crippen molar-refractivity contribution in [2.75, 3.05) is 13.1 Å². The van der Waals surface area contributed by atoms with E-state index >= 15 is 0 Å². The second kappa shape index (κ2) is 6.86. The van der Waals surface area contributed by atoms with Crippen molar-refractivity contribution in [3.05, 3.63) is 24.0 Å². The highest BCUT2D eigenvalue weighted by Crippen LogP contribution is 2.35. The molecule has 134 valence electrons. The third kappa shape index (κ3) is 5.01. The van der Waals surface area contributed by atoms with Crippen LogP contribution in [0.4, 0.5) is 18.0 Å². The van der Waals surface area contributed by atoms with E-state index in [9.17, 15) is 18.0 Å². The average molecular weight is 346 g/mol. The highest BCUT2D eigenvalue weighted by atomic mass is 19.4. The Bertz CT molecular complexity index is 577. The minimum Gasteiger partial charge on any atom is -0.488 e. The predicted octanol–water partition coefficient (Wildman–Crippen LogP) is 3.88. The second-order valence-electron chi connectivity index (χ2n) is 6.63. The van der Waals surface area contributed by atoms with Crippen LogP contribution in [0.15, 0.2) is 18.3 Å². The largest absolute Gasteiger partial charge is 0.488 e. The summed E-state index contributed by atoms with van der Waals surface area (Å²) in [6.45, 7) is 6.09. The molecular weight excluding hydrogens is 325 g/mol. The average Bonchev–Trinajstić information content (AvgIpc) is 2.45.